The SMILES string of the molecule is CCC/C=C\C/C=C\CCCCCCCC(=O)OCCCCCCCCCCC/C=C\C/C=C\CCCCCCCCCCCC(=O)NC(COC1OC(CO)C(O)C(O)C1O)C(O)/C=C/CC/C=C/CC/C=C/CCCCCC. The molecular weight excluding hydrogens is 1000 g/mol. The molecule has 462 valence electrons. The van der Waals surface area contributed by atoms with Crippen LogP contribution < -0.4 is 5.32 Å². The van der Waals surface area contributed by atoms with Gasteiger partial charge in [-0.15, -0.1) is 0 Å². The predicted molar refractivity (Wildman–Crippen MR) is 333 cm³/mol. The Balaban J connectivity index is 2.07. The number of hydrogen-bond donors (Lipinski definition) is 6. The molecule has 11 nitrogen and oxygen atoms in total. The van der Waals surface area contributed by atoms with Gasteiger partial charge in [0.25, 0.3) is 0 Å². The first-order chi connectivity index (χ1) is 39.2. The highest BCUT2D eigenvalue weighted by Gasteiger charge is 2.44. The Labute approximate surface area is 489 Å². The number of esters is 1. The van der Waals surface area contributed by atoms with Crippen LogP contribution in [0.15, 0.2) is 85.1 Å². The van der Waals surface area contributed by atoms with Crippen LogP contribution in [0.3, 0.4) is 0 Å². The Bertz CT molecular complexity index is 1600. The van der Waals surface area contributed by atoms with Gasteiger partial charge in [-0.1, -0.05) is 234 Å². The molecule has 11 heteroatoms. The smallest absolute Gasteiger partial charge is 0.305 e. The third-order valence-corrected chi connectivity index (χ3v) is 14.9. The molecule has 0 spiro atoms. The van der Waals surface area contributed by atoms with Crippen LogP contribution in [-0.4, -0.2) is 100 Å². The molecule has 6 N–H and O–H groups in total. The zero-order valence-corrected chi connectivity index (χ0v) is 51.0. The fraction of sp³-hybridized carbons (Fsp3) is 0.768. The quantitative estimate of drug-likeness (QED) is 0.0195. The molecular formula is C69H121NO10. The Hall–Kier alpha value is -3.16. The van der Waals surface area contributed by atoms with E-state index in [9.17, 15) is 35.1 Å². The molecule has 1 saturated heterocycles. The van der Waals surface area contributed by atoms with E-state index in [1.165, 1.54) is 141 Å². The number of rotatable bonds is 56. The van der Waals surface area contributed by atoms with Crippen molar-refractivity contribution < 1.29 is 49.3 Å². The van der Waals surface area contributed by atoms with Gasteiger partial charge in [0.15, 0.2) is 6.29 Å². The molecule has 0 bridgehead atoms. The van der Waals surface area contributed by atoms with E-state index in [4.69, 9.17) is 14.2 Å². The van der Waals surface area contributed by atoms with Crippen molar-refractivity contribution >= 4 is 11.9 Å². The number of allylic oxidation sites excluding steroid dienone is 13. The number of carbonyl (C=O) groups is 2. The van der Waals surface area contributed by atoms with E-state index < -0.39 is 49.5 Å². The minimum Gasteiger partial charge on any atom is -0.466 e. The molecule has 1 fully saturated rings. The zero-order chi connectivity index (χ0) is 58.0. The maximum absolute atomic E-state index is 13.1. The average molecular weight is 1120 g/mol. The predicted octanol–water partition coefficient (Wildman–Crippen LogP) is 16.1. The maximum atomic E-state index is 13.1. The molecule has 1 rings (SSSR count). The van der Waals surface area contributed by atoms with Gasteiger partial charge in [-0.25, -0.2) is 0 Å². The maximum Gasteiger partial charge on any atom is 0.305 e. The monoisotopic (exact) mass is 1120 g/mol. The van der Waals surface area contributed by atoms with Gasteiger partial charge < -0.3 is 45.1 Å². The Morgan fingerprint density at radius 3 is 1.36 bits per heavy atom. The largest absolute Gasteiger partial charge is 0.466 e. The minimum absolute atomic E-state index is 0.0186. The average Bonchev–Trinajstić information content (AvgIpc) is 3.49. The number of ether oxygens (including phenoxy) is 3. The van der Waals surface area contributed by atoms with Crippen molar-refractivity contribution in [2.45, 2.75) is 320 Å². The highest BCUT2D eigenvalue weighted by molar-refractivity contribution is 5.76. The van der Waals surface area contributed by atoms with Crippen molar-refractivity contribution in [1.29, 1.82) is 0 Å². The number of aliphatic hydroxyl groups excluding tert-OH is 5. The Morgan fingerprint density at radius 1 is 0.463 bits per heavy atom. The molecule has 1 aliphatic heterocycles. The highest BCUT2D eigenvalue weighted by atomic mass is 16.7. The van der Waals surface area contributed by atoms with Crippen LogP contribution in [0.4, 0.5) is 0 Å². The van der Waals surface area contributed by atoms with Gasteiger partial charge in [0.2, 0.25) is 5.91 Å². The van der Waals surface area contributed by atoms with Crippen molar-refractivity contribution in [3.05, 3.63) is 85.1 Å². The third kappa shape index (κ3) is 46.3. The van der Waals surface area contributed by atoms with Gasteiger partial charge in [0, 0.05) is 12.8 Å². The summed E-state index contributed by atoms with van der Waals surface area (Å²) in [5.41, 5.74) is 0. The van der Waals surface area contributed by atoms with Crippen molar-refractivity contribution in [1.82, 2.24) is 5.32 Å². The lowest BCUT2D eigenvalue weighted by atomic mass is 9.99. The minimum atomic E-state index is -1.58. The molecule has 0 aromatic carbocycles. The number of nitrogens with one attached hydrogen (secondary N) is 1. The van der Waals surface area contributed by atoms with Crippen LogP contribution in [0.2, 0.25) is 0 Å². The van der Waals surface area contributed by atoms with Gasteiger partial charge >= 0.3 is 5.97 Å². The molecule has 0 aromatic heterocycles. The number of hydrogen-bond acceptors (Lipinski definition) is 10. The fourth-order valence-electron chi connectivity index (χ4n) is 9.71. The second-order valence-corrected chi connectivity index (χ2v) is 22.4. The van der Waals surface area contributed by atoms with E-state index in [1.54, 1.807) is 6.08 Å². The molecule has 0 saturated carbocycles. The summed E-state index contributed by atoms with van der Waals surface area (Å²) < 4.78 is 16.7. The first-order valence-electron chi connectivity index (χ1n) is 32.9. The van der Waals surface area contributed by atoms with E-state index in [0.717, 1.165) is 109 Å². The van der Waals surface area contributed by atoms with E-state index >= 15 is 0 Å². The van der Waals surface area contributed by atoms with E-state index in [-0.39, 0.29) is 18.5 Å². The summed E-state index contributed by atoms with van der Waals surface area (Å²) in [7, 11) is 0. The molecule has 1 aliphatic rings. The summed E-state index contributed by atoms with van der Waals surface area (Å²) >= 11 is 0. The normalized spacial score (nSPS) is 18.9. The van der Waals surface area contributed by atoms with Crippen molar-refractivity contribution in [3.63, 3.8) is 0 Å². The molecule has 7 atom stereocenters. The van der Waals surface area contributed by atoms with Crippen LogP contribution in [-0.2, 0) is 23.8 Å². The van der Waals surface area contributed by atoms with Crippen molar-refractivity contribution in [3.8, 4) is 0 Å². The molecule has 1 amide bonds. The lowest BCUT2D eigenvalue weighted by Crippen LogP contribution is -2.60. The number of aliphatic hydroxyl groups is 5. The summed E-state index contributed by atoms with van der Waals surface area (Å²) in [6, 6.07) is -0.842. The van der Waals surface area contributed by atoms with Gasteiger partial charge in [0.05, 0.1) is 32.0 Å². The number of carbonyl (C=O) groups excluding carboxylic acids is 2. The van der Waals surface area contributed by atoms with Crippen LogP contribution in [0.1, 0.15) is 277 Å². The fourth-order valence-corrected chi connectivity index (χ4v) is 9.71. The standard InChI is InChI=1S/C69H121NO10/c1-3-5-7-9-11-13-15-17-32-35-39-43-47-51-55-62(72)61(60-79-69-68(77)67(76)66(75)63(59-71)80-69)70-64(73)56-52-48-44-40-36-33-29-27-25-23-21-19-18-20-22-24-26-28-30-34-38-42-46-50-54-58-78-65(74)57-53-49-45-41-37-31-16-14-12-10-8-6-4-2/h8,10,13-16,19-22,35,39,51,55,61-63,66-69,71-72,75-77H,3-7,9,11-12,17-18,23-34,36-38,40-50,52-54,56-60H2,1-2H3,(H,70,73)/b10-8-,15-13+,16-14-,21-19-,22-20-,39-35+,55-51+. The molecule has 7 unspecified atom stereocenters. The van der Waals surface area contributed by atoms with Crippen LogP contribution in [0.5, 0.6) is 0 Å². The number of unbranched alkanes of at least 4 members (excludes halogenated alkanes) is 30. The molecule has 80 heavy (non-hydrogen) atoms. The lowest BCUT2D eigenvalue weighted by molar-refractivity contribution is -0.302. The van der Waals surface area contributed by atoms with Crippen molar-refractivity contribution in [2.24, 2.45) is 0 Å². The van der Waals surface area contributed by atoms with Crippen molar-refractivity contribution in [2.75, 3.05) is 19.8 Å². The topological polar surface area (TPSA) is 175 Å². The first kappa shape index (κ1) is 74.9. The van der Waals surface area contributed by atoms with E-state index in [1.807, 2.05) is 6.08 Å². The van der Waals surface area contributed by atoms with Gasteiger partial charge in [-0.05, 0) is 116 Å². The van der Waals surface area contributed by atoms with Crippen LogP contribution in [0.25, 0.3) is 0 Å². The Morgan fingerprint density at radius 2 is 0.875 bits per heavy atom. The van der Waals surface area contributed by atoms with Crippen LogP contribution >= 0.6 is 0 Å². The molecule has 1 heterocycles. The second kappa shape index (κ2) is 57.6. The summed E-state index contributed by atoms with van der Waals surface area (Å²) in [6.45, 7) is 4.22. The summed E-state index contributed by atoms with van der Waals surface area (Å²) in [6.07, 6.45) is 68.3. The molecule has 0 aromatic rings. The van der Waals surface area contributed by atoms with Gasteiger partial charge in [-0.2, -0.15) is 0 Å². The van der Waals surface area contributed by atoms with Gasteiger partial charge in [-0.3, -0.25) is 9.59 Å². The highest BCUT2D eigenvalue weighted by Crippen LogP contribution is 2.23. The Kier molecular flexibility index (Phi) is 53.9. The second-order valence-electron chi connectivity index (χ2n) is 22.4. The van der Waals surface area contributed by atoms with Gasteiger partial charge in [0.1, 0.15) is 24.4 Å². The first-order valence-corrected chi connectivity index (χ1v) is 32.9. The van der Waals surface area contributed by atoms with Crippen LogP contribution in [0, 0.1) is 0 Å². The lowest BCUT2D eigenvalue weighted by Gasteiger charge is -2.40. The van der Waals surface area contributed by atoms with E-state index in [2.05, 4.69) is 92.1 Å². The third-order valence-electron chi connectivity index (χ3n) is 14.9. The molecule has 0 aliphatic carbocycles. The zero-order valence-electron chi connectivity index (χ0n) is 51.0. The summed E-state index contributed by atoms with van der Waals surface area (Å²) in [5, 5.41) is 54.4. The summed E-state index contributed by atoms with van der Waals surface area (Å²) in [4.78, 5) is 25.1. The number of amides is 1. The van der Waals surface area contributed by atoms with E-state index in [0.29, 0.717) is 19.4 Å². The molecule has 0 radical (unpaired) electrons. The summed E-state index contributed by atoms with van der Waals surface area (Å²) in [5.74, 6) is -0.223.